The van der Waals surface area contributed by atoms with E-state index in [0.29, 0.717) is 11.3 Å². The summed E-state index contributed by atoms with van der Waals surface area (Å²) in [5.74, 6) is -0.772. The Kier molecular flexibility index (Phi) is 5.20. The fourth-order valence-electron chi connectivity index (χ4n) is 2.04. The van der Waals surface area contributed by atoms with Crippen molar-refractivity contribution in [3.8, 4) is 0 Å². The van der Waals surface area contributed by atoms with E-state index in [4.69, 9.17) is 0 Å². The van der Waals surface area contributed by atoms with Crippen LogP contribution in [0.15, 0.2) is 48.5 Å². The van der Waals surface area contributed by atoms with Gasteiger partial charge in [-0.25, -0.2) is 8.42 Å². The van der Waals surface area contributed by atoms with Crippen LogP contribution in [0.5, 0.6) is 0 Å². The molecule has 0 aromatic heterocycles. The van der Waals surface area contributed by atoms with Crippen molar-refractivity contribution in [2.45, 2.75) is 6.92 Å². The Bertz CT molecular complexity index is 864. The summed E-state index contributed by atoms with van der Waals surface area (Å²) in [6, 6.07) is 13.1. The van der Waals surface area contributed by atoms with Gasteiger partial charge in [0.25, 0.3) is 5.91 Å². The number of hydrogen-bond acceptors (Lipinski definition) is 4. The zero-order chi connectivity index (χ0) is 17.7. The van der Waals surface area contributed by atoms with Crippen LogP contribution in [0.25, 0.3) is 0 Å². The summed E-state index contributed by atoms with van der Waals surface area (Å²) < 4.78 is 25.4. The molecule has 2 aromatic carbocycles. The van der Waals surface area contributed by atoms with Gasteiger partial charge in [-0.3, -0.25) is 14.3 Å². The van der Waals surface area contributed by atoms with Crippen molar-refractivity contribution in [1.29, 1.82) is 0 Å². The smallest absolute Gasteiger partial charge is 0.255 e. The standard InChI is InChI=1S/C16H17N3O4S/c1-11(20)17-13-9-6-10-14(19-24(2,22)23)15(13)18-16(21)12-7-4-3-5-8-12/h3-10,19H,1-2H3,(H,17,20)(H,18,21). The summed E-state index contributed by atoms with van der Waals surface area (Å²) in [6.07, 6.45) is 1.00. The zero-order valence-electron chi connectivity index (χ0n) is 13.2. The second-order valence-corrected chi connectivity index (χ2v) is 6.85. The molecule has 2 rings (SSSR count). The van der Waals surface area contributed by atoms with Gasteiger partial charge in [-0.05, 0) is 24.3 Å². The molecule has 7 nitrogen and oxygen atoms in total. The molecule has 126 valence electrons. The predicted octanol–water partition coefficient (Wildman–Crippen LogP) is 2.27. The van der Waals surface area contributed by atoms with Crippen LogP contribution >= 0.6 is 0 Å². The molecule has 8 heteroatoms. The SMILES string of the molecule is CC(=O)Nc1cccc(NS(C)(=O)=O)c1NC(=O)c1ccccc1. The number of rotatable bonds is 5. The Morgan fingerprint density at radius 1 is 0.875 bits per heavy atom. The van der Waals surface area contributed by atoms with Gasteiger partial charge in [0, 0.05) is 12.5 Å². The maximum atomic E-state index is 12.4. The Hall–Kier alpha value is -2.87. The molecule has 0 atom stereocenters. The maximum Gasteiger partial charge on any atom is 0.255 e. The number of sulfonamides is 1. The lowest BCUT2D eigenvalue weighted by Crippen LogP contribution is -2.18. The summed E-state index contributed by atoms with van der Waals surface area (Å²) in [5.41, 5.74) is 1.03. The van der Waals surface area contributed by atoms with Gasteiger partial charge in [0.15, 0.2) is 0 Å². The van der Waals surface area contributed by atoms with Gasteiger partial charge in [-0.2, -0.15) is 0 Å². The Balaban J connectivity index is 2.43. The summed E-state index contributed by atoms with van der Waals surface area (Å²) in [7, 11) is -3.56. The Morgan fingerprint density at radius 2 is 1.50 bits per heavy atom. The van der Waals surface area contributed by atoms with E-state index in [1.165, 1.54) is 13.0 Å². The summed E-state index contributed by atoms with van der Waals surface area (Å²) in [4.78, 5) is 23.7. The minimum absolute atomic E-state index is 0.160. The van der Waals surface area contributed by atoms with Gasteiger partial charge in [0.2, 0.25) is 15.9 Å². The van der Waals surface area contributed by atoms with Crippen LogP contribution in [-0.4, -0.2) is 26.5 Å². The van der Waals surface area contributed by atoms with Crippen molar-refractivity contribution in [2.24, 2.45) is 0 Å². The number of carbonyl (C=O) groups is 2. The minimum atomic E-state index is -3.56. The third-order valence-corrected chi connectivity index (χ3v) is 3.54. The molecular weight excluding hydrogens is 330 g/mol. The van der Waals surface area contributed by atoms with Gasteiger partial charge in [0.05, 0.1) is 23.3 Å². The summed E-state index contributed by atoms with van der Waals surface area (Å²) in [5, 5.41) is 5.21. The largest absolute Gasteiger partial charge is 0.324 e. The first-order chi connectivity index (χ1) is 11.3. The van der Waals surface area contributed by atoms with E-state index in [1.54, 1.807) is 42.5 Å². The molecule has 0 saturated carbocycles. The van der Waals surface area contributed by atoms with E-state index in [2.05, 4.69) is 15.4 Å². The third-order valence-electron chi connectivity index (χ3n) is 2.95. The molecule has 0 saturated heterocycles. The number of benzene rings is 2. The number of anilines is 3. The molecule has 3 N–H and O–H groups in total. The topological polar surface area (TPSA) is 104 Å². The Labute approximate surface area is 140 Å². The maximum absolute atomic E-state index is 12.4. The number of carbonyl (C=O) groups excluding carboxylic acids is 2. The highest BCUT2D eigenvalue weighted by atomic mass is 32.2. The van der Waals surface area contributed by atoms with Crippen molar-refractivity contribution in [3.05, 3.63) is 54.1 Å². The molecule has 2 amide bonds. The van der Waals surface area contributed by atoms with Crippen LogP contribution in [0.3, 0.4) is 0 Å². The van der Waals surface area contributed by atoms with E-state index in [9.17, 15) is 18.0 Å². The molecule has 0 heterocycles. The lowest BCUT2D eigenvalue weighted by atomic mass is 10.2. The normalized spacial score (nSPS) is 10.8. The average molecular weight is 347 g/mol. The predicted molar refractivity (Wildman–Crippen MR) is 93.6 cm³/mol. The van der Waals surface area contributed by atoms with E-state index in [-0.39, 0.29) is 17.3 Å². The van der Waals surface area contributed by atoms with Crippen molar-refractivity contribution in [1.82, 2.24) is 0 Å². The quantitative estimate of drug-likeness (QED) is 0.771. The second-order valence-electron chi connectivity index (χ2n) is 5.10. The van der Waals surface area contributed by atoms with Gasteiger partial charge in [-0.1, -0.05) is 24.3 Å². The molecule has 0 aliphatic carbocycles. The molecule has 0 aliphatic rings. The van der Waals surface area contributed by atoms with Crippen LogP contribution in [0.1, 0.15) is 17.3 Å². The van der Waals surface area contributed by atoms with Crippen LogP contribution in [-0.2, 0) is 14.8 Å². The van der Waals surface area contributed by atoms with Gasteiger partial charge in [-0.15, -0.1) is 0 Å². The number of nitrogens with one attached hydrogen (secondary N) is 3. The molecule has 0 fully saturated rings. The minimum Gasteiger partial charge on any atom is -0.324 e. The lowest BCUT2D eigenvalue weighted by molar-refractivity contribution is -0.114. The highest BCUT2D eigenvalue weighted by Gasteiger charge is 2.16. The van der Waals surface area contributed by atoms with E-state index < -0.39 is 15.9 Å². The molecule has 0 bridgehead atoms. The van der Waals surface area contributed by atoms with Crippen molar-refractivity contribution < 1.29 is 18.0 Å². The van der Waals surface area contributed by atoms with Gasteiger partial charge in [0.1, 0.15) is 0 Å². The summed E-state index contributed by atoms with van der Waals surface area (Å²) in [6.45, 7) is 1.32. The first-order valence-corrected chi connectivity index (χ1v) is 8.90. The van der Waals surface area contributed by atoms with Crippen molar-refractivity contribution in [2.75, 3.05) is 21.6 Å². The fraction of sp³-hybridized carbons (Fsp3) is 0.125. The van der Waals surface area contributed by atoms with Crippen LogP contribution in [0.4, 0.5) is 17.1 Å². The van der Waals surface area contributed by atoms with E-state index in [0.717, 1.165) is 6.26 Å². The highest BCUT2D eigenvalue weighted by Crippen LogP contribution is 2.31. The molecule has 0 radical (unpaired) electrons. The number of para-hydroxylation sites is 1. The number of amides is 2. The molecule has 0 unspecified atom stereocenters. The van der Waals surface area contributed by atoms with Gasteiger partial charge >= 0.3 is 0 Å². The van der Waals surface area contributed by atoms with Crippen LogP contribution in [0.2, 0.25) is 0 Å². The van der Waals surface area contributed by atoms with E-state index in [1.807, 2.05) is 0 Å². The second kappa shape index (κ2) is 7.14. The third kappa shape index (κ3) is 4.82. The van der Waals surface area contributed by atoms with Crippen LogP contribution < -0.4 is 15.4 Å². The first kappa shape index (κ1) is 17.5. The first-order valence-electron chi connectivity index (χ1n) is 7.01. The molecule has 24 heavy (non-hydrogen) atoms. The molecule has 0 spiro atoms. The Morgan fingerprint density at radius 3 is 2.08 bits per heavy atom. The fourth-order valence-corrected chi connectivity index (χ4v) is 2.61. The van der Waals surface area contributed by atoms with Crippen molar-refractivity contribution in [3.63, 3.8) is 0 Å². The zero-order valence-corrected chi connectivity index (χ0v) is 14.0. The monoisotopic (exact) mass is 347 g/mol. The van der Waals surface area contributed by atoms with Crippen molar-refractivity contribution >= 4 is 38.9 Å². The molecule has 0 aliphatic heterocycles. The average Bonchev–Trinajstić information content (AvgIpc) is 2.49. The molecule has 2 aromatic rings. The van der Waals surface area contributed by atoms with Crippen LogP contribution in [0, 0.1) is 0 Å². The van der Waals surface area contributed by atoms with Gasteiger partial charge < -0.3 is 10.6 Å². The lowest BCUT2D eigenvalue weighted by Gasteiger charge is -2.16. The number of hydrogen-bond donors (Lipinski definition) is 3. The molecular formula is C16H17N3O4S. The highest BCUT2D eigenvalue weighted by molar-refractivity contribution is 7.92. The summed E-state index contributed by atoms with van der Waals surface area (Å²) >= 11 is 0. The van der Waals surface area contributed by atoms with E-state index >= 15 is 0 Å².